The van der Waals surface area contributed by atoms with Crippen molar-refractivity contribution in [3.05, 3.63) is 79.4 Å². The quantitative estimate of drug-likeness (QED) is 0.514. The molecule has 4 rings (SSSR count). The summed E-state index contributed by atoms with van der Waals surface area (Å²) >= 11 is 0. The van der Waals surface area contributed by atoms with Crippen LogP contribution in [-0.2, 0) is 13.1 Å². The lowest BCUT2D eigenvalue weighted by Gasteiger charge is -2.08. The van der Waals surface area contributed by atoms with Gasteiger partial charge in [0.1, 0.15) is 12.3 Å². The largest absolute Gasteiger partial charge is 0.474 e. The molecule has 7 nitrogen and oxygen atoms in total. The molecule has 0 spiro atoms. The van der Waals surface area contributed by atoms with E-state index in [1.54, 1.807) is 31.1 Å². The minimum Gasteiger partial charge on any atom is -0.474 e. The van der Waals surface area contributed by atoms with Crippen LogP contribution in [0.15, 0.2) is 73.8 Å². The van der Waals surface area contributed by atoms with Crippen molar-refractivity contribution in [2.24, 2.45) is 0 Å². The minimum absolute atomic E-state index is 0.486. The van der Waals surface area contributed by atoms with Gasteiger partial charge < -0.3 is 9.30 Å². The lowest BCUT2D eigenvalue weighted by atomic mass is 10.2. The summed E-state index contributed by atoms with van der Waals surface area (Å²) in [7, 11) is 0. The minimum atomic E-state index is 0.486. The molecular weight excluding hydrogens is 328 g/mol. The van der Waals surface area contributed by atoms with Gasteiger partial charge in [-0.15, -0.1) is 0 Å². The first-order valence-electron chi connectivity index (χ1n) is 8.35. The van der Waals surface area contributed by atoms with Gasteiger partial charge in [-0.1, -0.05) is 30.3 Å². The number of aromatic nitrogens is 6. The van der Waals surface area contributed by atoms with E-state index in [2.05, 4.69) is 32.2 Å². The van der Waals surface area contributed by atoms with E-state index in [1.165, 1.54) is 5.56 Å². The highest BCUT2D eigenvalue weighted by molar-refractivity contribution is 5.62. The van der Waals surface area contributed by atoms with Gasteiger partial charge in [-0.2, -0.15) is 5.10 Å². The third-order valence-electron chi connectivity index (χ3n) is 3.91. The zero-order valence-corrected chi connectivity index (χ0v) is 14.1. The van der Waals surface area contributed by atoms with E-state index >= 15 is 0 Å². The normalized spacial score (nSPS) is 10.8. The number of hydrogen-bond donors (Lipinski definition) is 0. The molecule has 0 aliphatic carbocycles. The maximum atomic E-state index is 5.83. The number of nitrogens with zero attached hydrogens (tertiary/aromatic N) is 6. The predicted molar refractivity (Wildman–Crippen MR) is 96.5 cm³/mol. The van der Waals surface area contributed by atoms with E-state index in [9.17, 15) is 0 Å². The lowest BCUT2D eigenvalue weighted by Crippen LogP contribution is -2.08. The van der Waals surface area contributed by atoms with Crippen molar-refractivity contribution in [2.45, 2.75) is 13.1 Å². The summed E-state index contributed by atoms with van der Waals surface area (Å²) in [4.78, 5) is 12.8. The second kappa shape index (κ2) is 7.60. The van der Waals surface area contributed by atoms with Crippen molar-refractivity contribution in [1.82, 2.24) is 29.3 Å². The molecule has 0 N–H and O–H groups in total. The topological polar surface area (TPSA) is 70.7 Å². The number of benzene rings is 1. The van der Waals surface area contributed by atoms with Crippen molar-refractivity contribution in [2.75, 3.05) is 6.61 Å². The highest BCUT2D eigenvalue weighted by atomic mass is 16.5. The molecule has 0 bridgehead atoms. The van der Waals surface area contributed by atoms with Crippen LogP contribution in [0.25, 0.3) is 11.3 Å². The fourth-order valence-corrected chi connectivity index (χ4v) is 2.64. The molecule has 7 heteroatoms. The molecule has 0 radical (unpaired) electrons. The molecular formula is C19H18N6O. The molecule has 0 fully saturated rings. The Morgan fingerprint density at radius 3 is 2.73 bits per heavy atom. The van der Waals surface area contributed by atoms with E-state index in [4.69, 9.17) is 4.74 Å². The molecule has 4 aromatic rings. The maximum absolute atomic E-state index is 5.83. The number of imidazole rings is 1. The molecule has 0 saturated heterocycles. The van der Waals surface area contributed by atoms with Crippen LogP contribution in [-0.4, -0.2) is 35.9 Å². The van der Waals surface area contributed by atoms with Crippen LogP contribution in [0.2, 0.25) is 0 Å². The Bertz CT molecular complexity index is 949. The highest BCUT2D eigenvalue weighted by Gasteiger charge is 2.12. The Kier molecular flexibility index (Phi) is 4.68. The Morgan fingerprint density at radius 2 is 1.88 bits per heavy atom. The van der Waals surface area contributed by atoms with Crippen molar-refractivity contribution < 1.29 is 4.74 Å². The first-order chi connectivity index (χ1) is 12.9. The Balaban J connectivity index is 1.47. The molecule has 0 aliphatic rings. The van der Waals surface area contributed by atoms with Crippen molar-refractivity contribution in [1.29, 1.82) is 0 Å². The molecule has 0 saturated carbocycles. The maximum Gasteiger partial charge on any atom is 0.240 e. The SMILES string of the molecule is c1ccc(Cn2cc(-c3nccnc3OCCn3ccnc3)cn2)cc1. The summed E-state index contributed by atoms with van der Waals surface area (Å²) in [5, 5.41) is 4.43. The summed E-state index contributed by atoms with van der Waals surface area (Å²) in [6.07, 6.45) is 12.4. The zero-order valence-electron chi connectivity index (χ0n) is 14.1. The molecule has 3 heterocycles. The average Bonchev–Trinajstić information content (AvgIpc) is 3.35. The van der Waals surface area contributed by atoms with Crippen molar-refractivity contribution in [3.8, 4) is 17.1 Å². The molecule has 26 heavy (non-hydrogen) atoms. The average molecular weight is 346 g/mol. The number of rotatable bonds is 7. The van der Waals surface area contributed by atoms with Crippen LogP contribution in [0.5, 0.6) is 5.88 Å². The van der Waals surface area contributed by atoms with Gasteiger partial charge >= 0.3 is 0 Å². The van der Waals surface area contributed by atoms with E-state index in [1.807, 2.05) is 39.8 Å². The molecule has 130 valence electrons. The molecule has 3 aromatic heterocycles. The van der Waals surface area contributed by atoms with E-state index in [0.29, 0.717) is 31.3 Å². The number of ether oxygens (including phenoxy) is 1. The van der Waals surface area contributed by atoms with Gasteiger partial charge in [0, 0.05) is 36.5 Å². The third-order valence-corrected chi connectivity index (χ3v) is 3.91. The molecule has 0 aliphatic heterocycles. The monoisotopic (exact) mass is 346 g/mol. The first kappa shape index (κ1) is 16.0. The van der Waals surface area contributed by atoms with Crippen molar-refractivity contribution >= 4 is 0 Å². The number of hydrogen-bond acceptors (Lipinski definition) is 5. The van der Waals surface area contributed by atoms with Gasteiger partial charge in [0.25, 0.3) is 0 Å². The van der Waals surface area contributed by atoms with E-state index in [-0.39, 0.29) is 0 Å². The van der Waals surface area contributed by atoms with Gasteiger partial charge in [-0.3, -0.25) is 4.68 Å². The van der Waals surface area contributed by atoms with Crippen LogP contribution in [0.3, 0.4) is 0 Å². The fourth-order valence-electron chi connectivity index (χ4n) is 2.64. The summed E-state index contributed by atoms with van der Waals surface area (Å²) in [6, 6.07) is 10.2. The lowest BCUT2D eigenvalue weighted by molar-refractivity contribution is 0.287. The van der Waals surface area contributed by atoms with Crippen LogP contribution in [0, 0.1) is 0 Å². The second-order valence-electron chi connectivity index (χ2n) is 5.77. The van der Waals surface area contributed by atoms with Gasteiger partial charge in [-0.05, 0) is 5.56 Å². The van der Waals surface area contributed by atoms with Crippen LogP contribution >= 0.6 is 0 Å². The second-order valence-corrected chi connectivity index (χ2v) is 5.77. The molecule has 0 amide bonds. The summed E-state index contributed by atoms with van der Waals surface area (Å²) < 4.78 is 9.67. The Hall–Kier alpha value is -3.48. The van der Waals surface area contributed by atoms with Crippen LogP contribution in [0.4, 0.5) is 0 Å². The molecule has 0 atom stereocenters. The van der Waals surface area contributed by atoms with E-state index in [0.717, 1.165) is 5.56 Å². The Morgan fingerprint density at radius 1 is 1.00 bits per heavy atom. The van der Waals surface area contributed by atoms with E-state index < -0.39 is 0 Å². The van der Waals surface area contributed by atoms with Crippen LogP contribution in [0.1, 0.15) is 5.56 Å². The van der Waals surface area contributed by atoms with Gasteiger partial charge in [0.2, 0.25) is 5.88 Å². The predicted octanol–water partition coefficient (Wildman–Crippen LogP) is 2.66. The summed E-state index contributed by atoms with van der Waals surface area (Å²) in [5.74, 6) is 0.506. The fraction of sp³-hybridized carbons (Fsp3) is 0.158. The van der Waals surface area contributed by atoms with Gasteiger partial charge in [0.15, 0.2) is 0 Å². The molecule has 0 unspecified atom stereocenters. The van der Waals surface area contributed by atoms with Gasteiger partial charge in [0.05, 0.1) is 25.6 Å². The first-order valence-corrected chi connectivity index (χ1v) is 8.35. The smallest absolute Gasteiger partial charge is 0.240 e. The summed E-state index contributed by atoms with van der Waals surface area (Å²) in [5.41, 5.74) is 2.77. The standard InChI is InChI=1S/C19H18N6O/c1-2-4-16(5-3-1)13-25-14-17(12-23-25)18-19(22-7-6-21-18)26-11-10-24-9-8-20-15-24/h1-9,12,14-15H,10-11,13H2. The summed E-state index contributed by atoms with van der Waals surface area (Å²) in [6.45, 7) is 1.89. The highest BCUT2D eigenvalue weighted by Crippen LogP contribution is 2.25. The zero-order chi connectivity index (χ0) is 17.6. The van der Waals surface area contributed by atoms with Crippen molar-refractivity contribution in [3.63, 3.8) is 0 Å². The third kappa shape index (κ3) is 3.77. The molecule has 1 aromatic carbocycles. The van der Waals surface area contributed by atoms with Gasteiger partial charge in [-0.25, -0.2) is 15.0 Å². The van der Waals surface area contributed by atoms with Crippen LogP contribution < -0.4 is 4.74 Å². The Labute approximate surface area is 150 Å².